The van der Waals surface area contributed by atoms with Crippen LogP contribution in [0.1, 0.15) is 12.0 Å². The van der Waals surface area contributed by atoms with Crippen LogP contribution in [0.2, 0.25) is 0 Å². The minimum atomic E-state index is -1.40. The number of nitrogens with two attached hydrogens (primary N) is 1. The van der Waals surface area contributed by atoms with E-state index in [1.54, 1.807) is 0 Å². The molecule has 0 radical (unpaired) electrons. The zero-order valence-corrected chi connectivity index (χ0v) is 11.0. The molecule has 0 amide bonds. The Hall–Kier alpha value is -3.08. The second-order valence-corrected chi connectivity index (χ2v) is 4.18. The summed E-state index contributed by atoms with van der Waals surface area (Å²) in [7, 11) is 0. The molecule has 118 valence electrons. The van der Waals surface area contributed by atoms with Gasteiger partial charge < -0.3 is 15.6 Å². The number of nitro benzene ring substituents is 2. The Balaban J connectivity index is 2.85. The highest BCUT2D eigenvalue weighted by Crippen LogP contribution is 2.23. The Kier molecular flexibility index (Phi) is 5.46. The largest absolute Gasteiger partial charge is 0.481 e. The van der Waals surface area contributed by atoms with Crippen LogP contribution in [0.3, 0.4) is 0 Å². The van der Waals surface area contributed by atoms with Crippen LogP contribution < -0.4 is 5.73 Å². The molecule has 22 heavy (non-hydrogen) atoms. The fraction of sp³-hybridized carbons (Fsp3) is 0.273. The number of benzene rings is 1. The summed E-state index contributed by atoms with van der Waals surface area (Å²) in [4.78, 5) is 41.5. The predicted molar refractivity (Wildman–Crippen MR) is 69.8 cm³/mol. The minimum Gasteiger partial charge on any atom is -0.481 e. The lowest BCUT2D eigenvalue weighted by Gasteiger charge is -2.09. The quantitative estimate of drug-likeness (QED) is 0.408. The molecule has 0 aromatic heterocycles. The van der Waals surface area contributed by atoms with Crippen molar-refractivity contribution in [1.29, 1.82) is 0 Å². The third-order valence-electron chi connectivity index (χ3n) is 2.46. The van der Waals surface area contributed by atoms with Crippen LogP contribution in [0.4, 0.5) is 11.4 Å². The van der Waals surface area contributed by atoms with Crippen LogP contribution in [0.5, 0.6) is 0 Å². The number of carbonyl (C=O) groups excluding carboxylic acids is 1. The summed E-state index contributed by atoms with van der Waals surface area (Å²) in [6.45, 7) is -0.505. The average molecular weight is 313 g/mol. The first kappa shape index (κ1) is 17.0. The molecule has 1 atom stereocenters. The highest BCUT2D eigenvalue weighted by Gasteiger charge is 2.20. The molecule has 1 aromatic rings. The molecule has 0 saturated heterocycles. The van der Waals surface area contributed by atoms with Gasteiger partial charge in [0.15, 0.2) is 0 Å². The van der Waals surface area contributed by atoms with E-state index in [1.165, 1.54) is 0 Å². The highest BCUT2D eigenvalue weighted by atomic mass is 16.6. The van der Waals surface area contributed by atoms with Crippen molar-refractivity contribution in [3.8, 4) is 0 Å². The summed E-state index contributed by atoms with van der Waals surface area (Å²) < 4.78 is 4.69. The van der Waals surface area contributed by atoms with Crippen LogP contribution in [0, 0.1) is 20.2 Å². The molecule has 0 aliphatic carbocycles. The summed E-state index contributed by atoms with van der Waals surface area (Å²) in [6, 6.07) is 1.37. The summed E-state index contributed by atoms with van der Waals surface area (Å²) >= 11 is 0. The first-order chi connectivity index (χ1) is 10.2. The topological polar surface area (TPSA) is 176 Å². The molecule has 0 aliphatic rings. The monoisotopic (exact) mass is 313 g/mol. The Morgan fingerprint density at radius 1 is 1.18 bits per heavy atom. The lowest BCUT2D eigenvalue weighted by Crippen LogP contribution is -2.34. The van der Waals surface area contributed by atoms with Crippen LogP contribution in [-0.2, 0) is 20.9 Å². The summed E-state index contributed by atoms with van der Waals surface area (Å²) in [5.41, 5.74) is 4.21. The second kappa shape index (κ2) is 7.08. The van der Waals surface area contributed by atoms with E-state index >= 15 is 0 Å². The Morgan fingerprint density at radius 2 is 1.68 bits per heavy atom. The Bertz CT molecular complexity index is 598. The number of rotatable bonds is 7. The van der Waals surface area contributed by atoms with Crippen molar-refractivity contribution in [1.82, 2.24) is 0 Å². The van der Waals surface area contributed by atoms with Gasteiger partial charge in [0.25, 0.3) is 11.4 Å². The maximum Gasteiger partial charge on any atom is 0.323 e. The standard InChI is InChI=1S/C11H11N3O8/c12-9(4-10(15)16)11(17)22-5-6-1-7(13(18)19)3-8(2-6)14(20)21/h1-3,9H,4-5,12H2,(H,15,16)/t9-/m0/s1. The number of esters is 1. The third kappa shape index (κ3) is 4.79. The zero-order chi connectivity index (χ0) is 16.9. The molecule has 3 N–H and O–H groups in total. The second-order valence-electron chi connectivity index (χ2n) is 4.18. The van der Waals surface area contributed by atoms with Gasteiger partial charge in [0.05, 0.1) is 22.3 Å². The predicted octanol–water partition coefficient (Wildman–Crippen LogP) is 0.348. The smallest absolute Gasteiger partial charge is 0.323 e. The van der Waals surface area contributed by atoms with E-state index in [9.17, 15) is 29.8 Å². The summed E-state index contributed by atoms with van der Waals surface area (Å²) in [6.07, 6.45) is -0.645. The molecule has 0 bridgehead atoms. The number of carboxylic acid groups (broad SMARTS) is 1. The van der Waals surface area contributed by atoms with Crippen molar-refractivity contribution in [3.63, 3.8) is 0 Å². The fourth-order valence-corrected chi connectivity index (χ4v) is 1.48. The maximum atomic E-state index is 11.4. The van der Waals surface area contributed by atoms with Crippen molar-refractivity contribution in [2.75, 3.05) is 0 Å². The van der Waals surface area contributed by atoms with E-state index in [1.807, 2.05) is 0 Å². The van der Waals surface area contributed by atoms with Crippen LogP contribution in [0.15, 0.2) is 18.2 Å². The van der Waals surface area contributed by atoms with Gasteiger partial charge in [0, 0.05) is 17.7 Å². The minimum absolute atomic E-state index is 0.0109. The molecule has 0 heterocycles. The van der Waals surface area contributed by atoms with Gasteiger partial charge in [0.1, 0.15) is 12.6 Å². The van der Waals surface area contributed by atoms with Gasteiger partial charge in [-0.05, 0) is 0 Å². The van der Waals surface area contributed by atoms with Crippen molar-refractivity contribution < 1.29 is 29.3 Å². The average Bonchev–Trinajstić information content (AvgIpc) is 2.43. The van der Waals surface area contributed by atoms with Crippen LogP contribution >= 0.6 is 0 Å². The van der Waals surface area contributed by atoms with Crippen LogP contribution in [0.25, 0.3) is 0 Å². The SMILES string of the molecule is N[C@@H](CC(=O)O)C(=O)OCc1cc([N+](=O)[O-])cc([N+](=O)[O-])c1. The zero-order valence-electron chi connectivity index (χ0n) is 11.0. The molecule has 11 nitrogen and oxygen atoms in total. The molecule has 11 heteroatoms. The molecular weight excluding hydrogens is 302 g/mol. The fourth-order valence-electron chi connectivity index (χ4n) is 1.48. The molecule has 0 spiro atoms. The Labute approximate surface area is 122 Å². The van der Waals surface area contributed by atoms with E-state index < -0.39 is 52.2 Å². The lowest BCUT2D eigenvalue weighted by atomic mass is 10.2. The number of aliphatic carboxylic acids is 1. The van der Waals surface area contributed by atoms with E-state index in [0.29, 0.717) is 0 Å². The molecule has 0 saturated carbocycles. The number of nitro groups is 2. The van der Waals surface area contributed by atoms with E-state index in [4.69, 9.17) is 10.8 Å². The summed E-state index contributed by atoms with van der Waals surface area (Å²) in [5, 5.41) is 29.8. The molecule has 0 fully saturated rings. The Morgan fingerprint density at radius 3 is 2.09 bits per heavy atom. The van der Waals surface area contributed by atoms with E-state index in [-0.39, 0.29) is 5.56 Å². The van der Waals surface area contributed by atoms with Gasteiger partial charge in [0.2, 0.25) is 0 Å². The van der Waals surface area contributed by atoms with Crippen molar-refractivity contribution in [2.45, 2.75) is 19.1 Å². The van der Waals surface area contributed by atoms with Gasteiger partial charge in [-0.15, -0.1) is 0 Å². The number of ether oxygens (including phenoxy) is 1. The van der Waals surface area contributed by atoms with Gasteiger partial charge in [-0.1, -0.05) is 0 Å². The van der Waals surface area contributed by atoms with Gasteiger partial charge in [-0.2, -0.15) is 0 Å². The molecule has 0 unspecified atom stereocenters. The first-order valence-corrected chi connectivity index (χ1v) is 5.77. The number of nitrogens with zero attached hydrogens (tertiary/aromatic N) is 2. The normalized spacial score (nSPS) is 11.5. The lowest BCUT2D eigenvalue weighted by molar-refractivity contribution is -0.394. The van der Waals surface area contributed by atoms with Crippen LogP contribution in [-0.4, -0.2) is 32.9 Å². The van der Waals surface area contributed by atoms with Gasteiger partial charge in [-0.25, -0.2) is 0 Å². The van der Waals surface area contributed by atoms with Gasteiger partial charge in [-0.3, -0.25) is 29.8 Å². The number of hydrogen-bond acceptors (Lipinski definition) is 8. The van der Waals surface area contributed by atoms with E-state index in [0.717, 1.165) is 18.2 Å². The molecule has 1 aromatic carbocycles. The molecule has 0 aliphatic heterocycles. The molecule has 1 rings (SSSR count). The maximum absolute atomic E-state index is 11.4. The van der Waals surface area contributed by atoms with Crippen molar-refractivity contribution in [2.24, 2.45) is 5.73 Å². The van der Waals surface area contributed by atoms with Crippen molar-refractivity contribution in [3.05, 3.63) is 44.0 Å². The third-order valence-corrected chi connectivity index (χ3v) is 2.46. The highest BCUT2D eigenvalue weighted by molar-refractivity contribution is 5.81. The van der Waals surface area contributed by atoms with E-state index in [2.05, 4.69) is 4.74 Å². The van der Waals surface area contributed by atoms with Gasteiger partial charge >= 0.3 is 11.9 Å². The molecular formula is C11H11N3O8. The van der Waals surface area contributed by atoms with Crippen molar-refractivity contribution >= 4 is 23.3 Å². The number of hydrogen-bond donors (Lipinski definition) is 2. The number of non-ortho nitro benzene ring substituents is 2. The summed E-state index contributed by atoms with van der Waals surface area (Å²) in [5.74, 6) is -2.33. The number of carbonyl (C=O) groups is 2. The number of carboxylic acids is 1. The first-order valence-electron chi connectivity index (χ1n) is 5.77.